The van der Waals surface area contributed by atoms with Crippen molar-refractivity contribution in [2.75, 3.05) is 14.2 Å². The largest absolute Gasteiger partial charge is 0.497 e. The van der Waals surface area contributed by atoms with Gasteiger partial charge in [-0.05, 0) is 18.2 Å². The van der Waals surface area contributed by atoms with Crippen LogP contribution in [0, 0.1) is 4.64 Å². The summed E-state index contributed by atoms with van der Waals surface area (Å²) in [4.78, 5) is 7.25. The molecule has 0 saturated heterocycles. The Morgan fingerprint density at radius 3 is 2.65 bits per heavy atom. The Morgan fingerprint density at radius 1 is 1.18 bits per heavy atom. The minimum Gasteiger partial charge on any atom is -0.497 e. The van der Waals surface area contributed by atoms with E-state index in [-0.39, 0.29) is 0 Å². The fraction of sp³-hybridized carbons (Fsp3) is 0.167. The van der Waals surface area contributed by atoms with E-state index in [9.17, 15) is 0 Å². The average molecular weight is 248 g/mol. The molecule has 4 nitrogen and oxygen atoms in total. The highest BCUT2D eigenvalue weighted by Crippen LogP contribution is 2.30. The smallest absolute Gasteiger partial charge is 0.141 e. The van der Waals surface area contributed by atoms with Crippen LogP contribution < -0.4 is 9.47 Å². The summed E-state index contributed by atoms with van der Waals surface area (Å²) in [6.45, 7) is 0. The molecule has 0 bridgehead atoms. The zero-order chi connectivity index (χ0) is 12.3. The molecule has 0 radical (unpaired) electrons. The predicted octanol–water partition coefficient (Wildman–Crippen LogP) is 2.82. The van der Waals surface area contributed by atoms with Gasteiger partial charge in [0.15, 0.2) is 0 Å². The van der Waals surface area contributed by atoms with Gasteiger partial charge >= 0.3 is 0 Å². The van der Waals surface area contributed by atoms with Gasteiger partial charge in [0, 0.05) is 12.3 Å². The number of nitrogens with zero attached hydrogens (tertiary/aromatic N) is 1. The van der Waals surface area contributed by atoms with Gasteiger partial charge in [-0.3, -0.25) is 0 Å². The summed E-state index contributed by atoms with van der Waals surface area (Å²) >= 11 is 5.07. The van der Waals surface area contributed by atoms with Crippen molar-refractivity contribution in [3.05, 3.63) is 35.1 Å². The van der Waals surface area contributed by atoms with Crippen LogP contribution in [0.15, 0.2) is 30.5 Å². The average Bonchev–Trinajstić information content (AvgIpc) is 2.38. The molecule has 0 amide bonds. The molecule has 0 saturated carbocycles. The first-order chi connectivity index (χ1) is 8.24. The Hall–Kier alpha value is -1.88. The summed E-state index contributed by atoms with van der Waals surface area (Å²) in [6, 6.07) is 7.27. The van der Waals surface area contributed by atoms with Crippen molar-refractivity contribution >= 4 is 12.2 Å². The summed E-state index contributed by atoms with van der Waals surface area (Å²) in [5.74, 6) is 2.10. The summed E-state index contributed by atoms with van der Waals surface area (Å²) in [6.07, 6.45) is 1.66. The van der Waals surface area contributed by atoms with Crippen molar-refractivity contribution in [2.24, 2.45) is 0 Å². The van der Waals surface area contributed by atoms with Gasteiger partial charge in [0.05, 0.1) is 19.8 Å². The van der Waals surface area contributed by atoms with E-state index in [1.165, 1.54) is 0 Å². The molecular formula is C12H12N2O2S. The van der Waals surface area contributed by atoms with Crippen LogP contribution in [0.3, 0.4) is 0 Å². The SMILES string of the molecule is COc1ccc(-c2nccc(=S)[nH]2)c(OC)c1. The molecule has 1 aromatic carbocycles. The molecule has 88 valence electrons. The van der Waals surface area contributed by atoms with Crippen LogP contribution in [-0.2, 0) is 0 Å². The first-order valence-electron chi connectivity index (χ1n) is 5.02. The second-order valence-corrected chi connectivity index (χ2v) is 3.79. The molecule has 1 heterocycles. The lowest BCUT2D eigenvalue weighted by molar-refractivity contribution is 0.395. The minimum absolute atomic E-state index is 0.632. The van der Waals surface area contributed by atoms with E-state index in [0.29, 0.717) is 16.2 Å². The zero-order valence-electron chi connectivity index (χ0n) is 9.56. The van der Waals surface area contributed by atoms with Crippen LogP contribution in [0.4, 0.5) is 0 Å². The minimum atomic E-state index is 0.632. The lowest BCUT2D eigenvalue weighted by atomic mass is 10.2. The number of rotatable bonds is 3. The molecule has 0 atom stereocenters. The Labute approximate surface area is 104 Å². The van der Waals surface area contributed by atoms with E-state index in [1.807, 2.05) is 12.1 Å². The van der Waals surface area contributed by atoms with Crippen molar-refractivity contribution in [3.8, 4) is 22.9 Å². The third-order valence-electron chi connectivity index (χ3n) is 2.33. The number of methoxy groups -OCH3 is 2. The standard InChI is InChI=1S/C12H12N2O2S/c1-15-8-3-4-9(10(7-8)16-2)12-13-6-5-11(17)14-12/h3-7H,1-2H3,(H,13,14,17). The maximum atomic E-state index is 5.31. The molecular weight excluding hydrogens is 236 g/mol. The molecule has 1 aromatic heterocycles. The fourth-order valence-corrected chi connectivity index (χ4v) is 1.66. The van der Waals surface area contributed by atoms with E-state index >= 15 is 0 Å². The first kappa shape index (κ1) is 11.6. The lowest BCUT2D eigenvalue weighted by Crippen LogP contribution is -1.94. The predicted molar refractivity (Wildman–Crippen MR) is 68.0 cm³/mol. The number of aromatic nitrogens is 2. The summed E-state index contributed by atoms with van der Waals surface area (Å²) < 4.78 is 11.1. The quantitative estimate of drug-likeness (QED) is 0.848. The maximum absolute atomic E-state index is 5.31. The van der Waals surface area contributed by atoms with Crippen LogP contribution in [0.2, 0.25) is 0 Å². The number of hydrogen-bond acceptors (Lipinski definition) is 4. The topological polar surface area (TPSA) is 47.1 Å². The van der Waals surface area contributed by atoms with Gasteiger partial charge < -0.3 is 14.5 Å². The molecule has 17 heavy (non-hydrogen) atoms. The Kier molecular flexibility index (Phi) is 3.39. The molecule has 2 aromatic rings. The highest BCUT2D eigenvalue weighted by atomic mass is 32.1. The van der Waals surface area contributed by atoms with Crippen LogP contribution in [0.1, 0.15) is 0 Å². The van der Waals surface area contributed by atoms with Gasteiger partial charge in [-0.15, -0.1) is 0 Å². The highest BCUT2D eigenvalue weighted by Gasteiger charge is 2.08. The van der Waals surface area contributed by atoms with Crippen LogP contribution >= 0.6 is 12.2 Å². The van der Waals surface area contributed by atoms with Crippen molar-refractivity contribution in [1.29, 1.82) is 0 Å². The van der Waals surface area contributed by atoms with E-state index in [4.69, 9.17) is 21.7 Å². The Morgan fingerprint density at radius 2 is 2.00 bits per heavy atom. The van der Waals surface area contributed by atoms with Gasteiger partial charge in [0.25, 0.3) is 0 Å². The van der Waals surface area contributed by atoms with Crippen LogP contribution in [0.25, 0.3) is 11.4 Å². The van der Waals surface area contributed by atoms with E-state index in [2.05, 4.69) is 9.97 Å². The normalized spacial score (nSPS) is 10.0. The molecule has 1 N–H and O–H groups in total. The van der Waals surface area contributed by atoms with Gasteiger partial charge in [-0.1, -0.05) is 12.2 Å². The molecule has 5 heteroatoms. The zero-order valence-corrected chi connectivity index (χ0v) is 10.4. The van der Waals surface area contributed by atoms with Crippen LogP contribution in [0.5, 0.6) is 11.5 Å². The molecule has 0 fully saturated rings. The van der Waals surface area contributed by atoms with Gasteiger partial charge in [-0.25, -0.2) is 4.98 Å². The van der Waals surface area contributed by atoms with Crippen molar-refractivity contribution in [1.82, 2.24) is 9.97 Å². The number of nitrogens with one attached hydrogen (secondary N) is 1. The molecule has 0 unspecified atom stereocenters. The molecule has 0 aliphatic rings. The van der Waals surface area contributed by atoms with E-state index in [1.54, 1.807) is 32.5 Å². The molecule has 0 aliphatic carbocycles. The molecule has 0 aliphatic heterocycles. The van der Waals surface area contributed by atoms with Crippen molar-refractivity contribution in [2.45, 2.75) is 0 Å². The van der Waals surface area contributed by atoms with Crippen molar-refractivity contribution < 1.29 is 9.47 Å². The third-order valence-corrected chi connectivity index (χ3v) is 2.57. The number of ether oxygens (including phenoxy) is 2. The Balaban J connectivity index is 2.55. The number of hydrogen-bond donors (Lipinski definition) is 1. The summed E-state index contributed by atoms with van der Waals surface area (Å²) in [7, 11) is 3.22. The molecule has 2 rings (SSSR count). The van der Waals surface area contributed by atoms with E-state index < -0.39 is 0 Å². The summed E-state index contributed by atoms with van der Waals surface area (Å²) in [5.41, 5.74) is 0.847. The Bertz CT molecular complexity index is 581. The summed E-state index contributed by atoms with van der Waals surface area (Å²) in [5, 5.41) is 0. The van der Waals surface area contributed by atoms with Gasteiger partial charge in [0.2, 0.25) is 0 Å². The second-order valence-electron chi connectivity index (χ2n) is 3.35. The number of aromatic amines is 1. The van der Waals surface area contributed by atoms with Gasteiger partial charge in [0.1, 0.15) is 22.0 Å². The lowest BCUT2D eigenvalue weighted by Gasteiger charge is -2.09. The first-order valence-corrected chi connectivity index (χ1v) is 5.43. The van der Waals surface area contributed by atoms with E-state index in [0.717, 1.165) is 11.3 Å². The van der Waals surface area contributed by atoms with Gasteiger partial charge in [-0.2, -0.15) is 0 Å². The van der Waals surface area contributed by atoms with Crippen LogP contribution in [-0.4, -0.2) is 24.2 Å². The number of benzene rings is 1. The second kappa shape index (κ2) is 4.97. The number of H-pyrrole nitrogens is 1. The highest BCUT2D eigenvalue weighted by molar-refractivity contribution is 7.71. The van der Waals surface area contributed by atoms with Crippen molar-refractivity contribution in [3.63, 3.8) is 0 Å². The monoisotopic (exact) mass is 248 g/mol. The third kappa shape index (κ3) is 2.45. The molecule has 0 spiro atoms. The maximum Gasteiger partial charge on any atom is 0.141 e. The fourth-order valence-electron chi connectivity index (χ4n) is 1.50.